The Hall–Kier alpha value is -0.294. The van der Waals surface area contributed by atoms with Gasteiger partial charge in [-0.15, -0.1) is 0 Å². The molecule has 0 aliphatic rings. The van der Waals surface area contributed by atoms with Crippen molar-refractivity contribution in [2.24, 2.45) is 0 Å². The third kappa shape index (κ3) is 6.61. The molecule has 0 aliphatic heterocycles. The van der Waals surface area contributed by atoms with Gasteiger partial charge in [-0.3, -0.25) is 4.55 Å². The summed E-state index contributed by atoms with van der Waals surface area (Å²) in [7, 11) is -4.75. The van der Waals surface area contributed by atoms with Gasteiger partial charge in [0.25, 0.3) is 10.1 Å². The van der Waals surface area contributed by atoms with E-state index in [4.69, 9.17) is 9.84 Å². The van der Waals surface area contributed by atoms with Crippen LogP contribution < -0.4 is 51.4 Å². The zero-order chi connectivity index (χ0) is 16.9. The summed E-state index contributed by atoms with van der Waals surface area (Å²) >= 11 is 0. The molecule has 23 heavy (non-hydrogen) atoms. The molecule has 9 heteroatoms. The van der Waals surface area contributed by atoms with E-state index in [1.807, 2.05) is 13.8 Å². The summed E-state index contributed by atoms with van der Waals surface area (Å²) in [5, 5.41) is 8.87. The summed E-state index contributed by atoms with van der Waals surface area (Å²) in [5.74, 6) is -2.29. The zero-order valence-corrected chi connectivity index (χ0v) is 17.2. The standard InChI is InChI=1S/C14H18O7S.K.H/c1-3-5-10(4-2)21-14(17)11-7-6-9(13(15)16)8-12(11)22(18,19)20;;/h6-8,10H,3-5H2,1-2H3,(H,15,16)(H,18,19,20);;/q;+1;-1. The van der Waals surface area contributed by atoms with E-state index in [0.29, 0.717) is 12.8 Å². The van der Waals surface area contributed by atoms with E-state index in [1.54, 1.807) is 0 Å². The van der Waals surface area contributed by atoms with Gasteiger partial charge < -0.3 is 11.3 Å². The number of hydrogen-bond donors (Lipinski definition) is 2. The Morgan fingerprint density at radius 2 is 1.91 bits per heavy atom. The summed E-state index contributed by atoms with van der Waals surface area (Å²) in [6, 6.07) is 2.83. The average Bonchev–Trinajstić information content (AvgIpc) is 2.44. The largest absolute Gasteiger partial charge is 1.00 e. The van der Waals surface area contributed by atoms with E-state index in [0.717, 1.165) is 24.6 Å². The number of esters is 1. The quantitative estimate of drug-likeness (QED) is 0.377. The van der Waals surface area contributed by atoms with Crippen molar-refractivity contribution in [2.45, 2.75) is 44.1 Å². The predicted molar refractivity (Wildman–Crippen MR) is 78.7 cm³/mol. The van der Waals surface area contributed by atoms with Crippen molar-refractivity contribution in [1.29, 1.82) is 0 Å². The van der Waals surface area contributed by atoms with E-state index in [9.17, 15) is 22.6 Å². The number of carbonyl (C=O) groups excluding carboxylic acids is 1. The van der Waals surface area contributed by atoms with Gasteiger partial charge in [0.05, 0.1) is 11.1 Å². The Labute approximate surface area is 179 Å². The first-order valence-corrected chi connectivity index (χ1v) is 8.20. The van der Waals surface area contributed by atoms with Crippen molar-refractivity contribution >= 4 is 22.1 Å². The number of carbonyl (C=O) groups is 2. The number of ether oxygens (including phenoxy) is 1. The summed E-state index contributed by atoms with van der Waals surface area (Å²) in [6.07, 6.45) is 1.60. The molecule has 1 unspecified atom stereocenters. The molecule has 0 fully saturated rings. The van der Waals surface area contributed by atoms with Crippen LogP contribution in [0.15, 0.2) is 23.1 Å². The second-order valence-corrected chi connectivity index (χ2v) is 6.11. The van der Waals surface area contributed by atoms with Crippen molar-refractivity contribution in [1.82, 2.24) is 0 Å². The van der Waals surface area contributed by atoms with Crippen LogP contribution in [-0.4, -0.2) is 36.1 Å². The molecule has 0 saturated heterocycles. The topological polar surface area (TPSA) is 118 Å². The molecule has 7 nitrogen and oxygen atoms in total. The van der Waals surface area contributed by atoms with Crippen LogP contribution in [0.5, 0.6) is 0 Å². The second kappa shape index (κ2) is 9.87. The predicted octanol–water partition coefficient (Wildman–Crippen LogP) is -0.516. The monoisotopic (exact) mass is 370 g/mol. The molecule has 2 N–H and O–H groups in total. The minimum Gasteiger partial charge on any atom is -1.00 e. The number of rotatable bonds is 7. The first-order chi connectivity index (χ1) is 10.2. The maximum absolute atomic E-state index is 12.1. The van der Waals surface area contributed by atoms with Crippen LogP contribution in [0.25, 0.3) is 0 Å². The molecule has 1 aromatic carbocycles. The van der Waals surface area contributed by atoms with Gasteiger partial charge in [0, 0.05) is 0 Å². The molecule has 1 rings (SSSR count). The molecule has 0 amide bonds. The van der Waals surface area contributed by atoms with Crippen molar-refractivity contribution < 1.29 is 85.2 Å². The Morgan fingerprint density at radius 1 is 1.30 bits per heavy atom. The Bertz CT molecular complexity index is 676. The van der Waals surface area contributed by atoms with Crippen molar-refractivity contribution in [3.63, 3.8) is 0 Å². The van der Waals surface area contributed by atoms with Crippen LogP contribution in [0.3, 0.4) is 0 Å². The molecule has 1 atom stereocenters. The smallest absolute Gasteiger partial charge is 1.00 e. The van der Waals surface area contributed by atoms with Crippen molar-refractivity contribution in [2.75, 3.05) is 0 Å². The minimum absolute atomic E-state index is 0. The van der Waals surface area contributed by atoms with Gasteiger partial charge in [-0.1, -0.05) is 20.3 Å². The van der Waals surface area contributed by atoms with Gasteiger partial charge in [0.2, 0.25) is 0 Å². The normalized spacial score (nSPS) is 12.1. The van der Waals surface area contributed by atoms with Crippen LogP contribution >= 0.6 is 0 Å². The maximum Gasteiger partial charge on any atom is 1.00 e. The van der Waals surface area contributed by atoms with Gasteiger partial charge in [-0.05, 0) is 31.0 Å². The second-order valence-electron chi connectivity index (χ2n) is 4.72. The third-order valence-corrected chi connectivity index (χ3v) is 3.96. The molecule has 0 aliphatic carbocycles. The van der Waals surface area contributed by atoms with Crippen LogP contribution in [0, 0.1) is 0 Å². The summed E-state index contributed by atoms with van der Waals surface area (Å²) in [5.41, 5.74) is -0.744. The fourth-order valence-corrected chi connectivity index (χ4v) is 2.63. The maximum atomic E-state index is 12.1. The SMILES string of the molecule is CCCC(CC)OC(=O)c1ccc(C(=O)O)cc1S(=O)(=O)O.[H-].[K+]. The Morgan fingerprint density at radius 3 is 2.35 bits per heavy atom. The molecular formula is C14H19KO7S. The van der Waals surface area contributed by atoms with Gasteiger partial charge in [-0.2, -0.15) is 8.42 Å². The molecular weight excluding hydrogens is 351 g/mol. The average molecular weight is 370 g/mol. The molecule has 0 bridgehead atoms. The van der Waals surface area contributed by atoms with Gasteiger partial charge in [0.15, 0.2) is 0 Å². The van der Waals surface area contributed by atoms with Crippen molar-refractivity contribution in [3.8, 4) is 0 Å². The molecule has 1 aromatic rings. The Balaban J connectivity index is 0. The number of benzene rings is 1. The molecule has 0 radical (unpaired) electrons. The Kier molecular flexibility index (Phi) is 9.74. The summed E-state index contributed by atoms with van der Waals surface area (Å²) in [6.45, 7) is 3.74. The van der Waals surface area contributed by atoms with E-state index in [2.05, 4.69) is 0 Å². The van der Waals surface area contributed by atoms with Crippen LogP contribution in [0.4, 0.5) is 0 Å². The van der Waals surface area contributed by atoms with E-state index < -0.39 is 27.0 Å². The summed E-state index contributed by atoms with van der Waals surface area (Å²) < 4.78 is 37.1. The third-order valence-electron chi connectivity index (χ3n) is 3.07. The molecule has 124 valence electrons. The summed E-state index contributed by atoms with van der Waals surface area (Å²) in [4.78, 5) is 22.2. The first kappa shape index (κ1) is 22.7. The zero-order valence-electron chi connectivity index (χ0n) is 14.3. The molecule has 0 spiro atoms. The van der Waals surface area contributed by atoms with E-state index >= 15 is 0 Å². The number of hydrogen-bond acceptors (Lipinski definition) is 5. The number of carboxylic acids is 1. The molecule has 0 aromatic heterocycles. The van der Waals surface area contributed by atoms with Gasteiger partial charge >= 0.3 is 63.3 Å². The number of carboxylic acid groups (broad SMARTS) is 1. The van der Waals surface area contributed by atoms with Crippen LogP contribution in [0.2, 0.25) is 0 Å². The fraction of sp³-hybridized carbons (Fsp3) is 0.429. The van der Waals surface area contributed by atoms with Gasteiger partial charge in [-0.25, -0.2) is 9.59 Å². The van der Waals surface area contributed by atoms with E-state index in [-0.39, 0.29) is 70.0 Å². The van der Waals surface area contributed by atoms with Crippen molar-refractivity contribution in [3.05, 3.63) is 29.3 Å². The molecule has 0 heterocycles. The molecule has 0 saturated carbocycles. The van der Waals surface area contributed by atoms with E-state index in [1.165, 1.54) is 0 Å². The van der Waals surface area contributed by atoms with Gasteiger partial charge in [0.1, 0.15) is 11.0 Å². The van der Waals surface area contributed by atoms with Crippen LogP contribution in [-0.2, 0) is 14.9 Å². The van der Waals surface area contributed by atoms with Crippen LogP contribution in [0.1, 0.15) is 55.3 Å². The minimum atomic E-state index is -4.75. The first-order valence-electron chi connectivity index (χ1n) is 6.76. The number of aromatic carboxylic acids is 1. The fourth-order valence-electron chi connectivity index (χ4n) is 1.92.